The predicted octanol–water partition coefficient (Wildman–Crippen LogP) is 15.9. The van der Waals surface area contributed by atoms with Gasteiger partial charge in [0.15, 0.2) is 0 Å². The van der Waals surface area contributed by atoms with Gasteiger partial charge in [-0.3, -0.25) is 0 Å². The van der Waals surface area contributed by atoms with E-state index in [1.54, 1.807) is 0 Å². The Morgan fingerprint density at radius 2 is 0.954 bits per heavy atom. The molecular formula is C63H46N2. The van der Waals surface area contributed by atoms with Crippen molar-refractivity contribution in [1.82, 2.24) is 4.57 Å². The summed E-state index contributed by atoms with van der Waals surface area (Å²) in [5.41, 5.74) is 18.9. The number of benzene rings is 9. The largest absolute Gasteiger partial charge is 0.334 e. The first-order chi connectivity index (χ1) is 32.2. The molecule has 0 saturated carbocycles. The van der Waals surface area contributed by atoms with Gasteiger partial charge in [0.25, 0.3) is 0 Å². The highest BCUT2D eigenvalue weighted by atomic mass is 15.2. The van der Waals surface area contributed by atoms with Crippen LogP contribution in [0.25, 0.3) is 55.7 Å². The van der Waals surface area contributed by atoms with Crippen LogP contribution in [0.5, 0.6) is 0 Å². The number of fused-ring (bicyclic) bond motifs is 4. The molecule has 10 aromatic rings. The fourth-order valence-corrected chi connectivity index (χ4v) is 10.6. The van der Waals surface area contributed by atoms with E-state index in [-0.39, 0.29) is 6.04 Å². The van der Waals surface area contributed by atoms with Gasteiger partial charge in [-0.15, -0.1) is 0 Å². The Balaban J connectivity index is 1.07. The molecule has 0 spiro atoms. The van der Waals surface area contributed by atoms with Crippen molar-refractivity contribution < 1.29 is 0 Å². The van der Waals surface area contributed by atoms with Crippen LogP contribution in [0.15, 0.2) is 261 Å². The quantitative estimate of drug-likeness (QED) is 0.141. The van der Waals surface area contributed by atoms with E-state index in [2.05, 4.69) is 270 Å². The van der Waals surface area contributed by atoms with E-state index in [1.165, 1.54) is 77.8 Å². The second kappa shape index (κ2) is 16.2. The maximum atomic E-state index is 2.55. The molecule has 1 heterocycles. The van der Waals surface area contributed by atoms with Crippen molar-refractivity contribution in [1.29, 1.82) is 0 Å². The van der Waals surface area contributed by atoms with Gasteiger partial charge in [0.2, 0.25) is 0 Å². The van der Waals surface area contributed by atoms with Crippen molar-refractivity contribution in [3.8, 4) is 39.2 Å². The van der Waals surface area contributed by atoms with E-state index in [9.17, 15) is 0 Å². The van der Waals surface area contributed by atoms with Crippen LogP contribution in [0.2, 0.25) is 0 Å². The molecular weight excluding hydrogens is 785 g/mol. The standard InChI is InChI=1S/C63H46N2/c1-6-18-45(19-7-1)47-30-34-53(35-31-47)64(54-36-32-48(33-37-54)46-20-8-2-9-21-46)55-38-40-57-58-41-39-56(65-61-29-17-16-24-50(61)42-62(65)49-22-10-3-11-23-49)44-60(58)63(59(57)43-55,51-25-12-4-13-26-51)52-27-14-5-15-28-52/h1-36,38-44,54H,37H2. The second-order valence-electron chi connectivity index (χ2n) is 17.2. The van der Waals surface area contributed by atoms with Crippen LogP contribution in [-0.2, 0) is 5.41 Å². The van der Waals surface area contributed by atoms with Crippen molar-refractivity contribution in [3.63, 3.8) is 0 Å². The van der Waals surface area contributed by atoms with E-state index < -0.39 is 5.41 Å². The number of rotatable bonds is 9. The van der Waals surface area contributed by atoms with Gasteiger partial charge in [-0.1, -0.05) is 212 Å². The molecule has 2 aliphatic carbocycles. The van der Waals surface area contributed by atoms with Crippen LogP contribution in [0.3, 0.4) is 0 Å². The molecule has 65 heavy (non-hydrogen) atoms. The number of para-hydroxylation sites is 1. The minimum absolute atomic E-state index is 0.0970. The van der Waals surface area contributed by atoms with E-state index in [0.717, 1.165) is 23.5 Å². The zero-order valence-corrected chi connectivity index (χ0v) is 36.0. The van der Waals surface area contributed by atoms with E-state index in [0.29, 0.717) is 0 Å². The van der Waals surface area contributed by atoms with Crippen LogP contribution >= 0.6 is 0 Å². The van der Waals surface area contributed by atoms with Crippen molar-refractivity contribution in [2.45, 2.75) is 17.9 Å². The Hall–Kier alpha value is -8.20. The van der Waals surface area contributed by atoms with Gasteiger partial charge >= 0.3 is 0 Å². The molecule has 1 unspecified atom stereocenters. The van der Waals surface area contributed by atoms with Gasteiger partial charge in [-0.05, 0) is 116 Å². The molecule has 2 heteroatoms. The molecule has 1 atom stereocenters. The summed E-state index contributed by atoms with van der Waals surface area (Å²) < 4.78 is 2.45. The summed E-state index contributed by atoms with van der Waals surface area (Å²) in [4.78, 5) is 2.55. The minimum Gasteiger partial charge on any atom is -0.334 e. The van der Waals surface area contributed by atoms with Gasteiger partial charge in [-0.2, -0.15) is 0 Å². The highest BCUT2D eigenvalue weighted by Gasteiger charge is 2.47. The first kappa shape index (κ1) is 38.5. The van der Waals surface area contributed by atoms with Gasteiger partial charge in [0.1, 0.15) is 0 Å². The lowest BCUT2D eigenvalue weighted by atomic mass is 9.67. The highest BCUT2D eigenvalue weighted by Crippen LogP contribution is 2.58. The first-order valence-corrected chi connectivity index (χ1v) is 22.7. The Labute approximate surface area is 381 Å². The summed E-state index contributed by atoms with van der Waals surface area (Å²) in [5, 5.41) is 1.22. The molecule has 9 aromatic carbocycles. The zero-order chi connectivity index (χ0) is 43.2. The van der Waals surface area contributed by atoms with Crippen LogP contribution in [0, 0.1) is 0 Å². The third-order valence-electron chi connectivity index (χ3n) is 13.6. The van der Waals surface area contributed by atoms with Crippen molar-refractivity contribution in [2.24, 2.45) is 0 Å². The molecule has 0 N–H and O–H groups in total. The minimum atomic E-state index is -0.610. The number of hydrogen-bond donors (Lipinski definition) is 0. The summed E-state index contributed by atoms with van der Waals surface area (Å²) in [7, 11) is 0. The normalized spacial score (nSPS) is 14.7. The van der Waals surface area contributed by atoms with Crippen LogP contribution in [0.4, 0.5) is 11.4 Å². The summed E-state index contributed by atoms with van der Waals surface area (Å²) in [6.45, 7) is 0. The fourth-order valence-electron chi connectivity index (χ4n) is 10.6. The molecule has 2 nitrogen and oxygen atoms in total. The number of allylic oxidation sites excluding steroid dienone is 2. The van der Waals surface area contributed by atoms with Crippen molar-refractivity contribution >= 4 is 27.9 Å². The number of anilines is 2. The van der Waals surface area contributed by atoms with E-state index in [4.69, 9.17) is 0 Å². The summed E-state index contributed by atoms with van der Waals surface area (Å²) >= 11 is 0. The molecule has 0 amide bonds. The lowest BCUT2D eigenvalue weighted by Gasteiger charge is -2.37. The maximum Gasteiger partial charge on any atom is 0.0715 e. The van der Waals surface area contributed by atoms with Gasteiger partial charge in [0, 0.05) is 22.4 Å². The smallest absolute Gasteiger partial charge is 0.0715 e. The molecule has 0 fully saturated rings. The average molecular weight is 831 g/mol. The molecule has 1 aromatic heterocycles. The third-order valence-corrected chi connectivity index (χ3v) is 13.6. The highest BCUT2D eigenvalue weighted by molar-refractivity contribution is 5.92. The Morgan fingerprint density at radius 3 is 1.58 bits per heavy atom. The predicted molar refractivity (Wildman–Crippen MR) is 272 cm³/mol. The first-order valence-electron chi connectivity index (χ1n) is 22.7. The molecule has 0 saturated heterocycles. The summed E-state index contributed by atoms with van der Waals surface area (Å²) in [6, 6.07) is 89.3. The van der Waals surface area contributed by atoms with E-state index in [1.807, 2.05) is 0 Å². The average Bonchev–Trinajstić information content (AvgIpc) is 3.92. The zero-order valence-electron chi connectivity index (χ0n) is 36.0. The van der Waals surface area contributed by atoms with Crippen LogP contribution < -0.4 is 4.90 Å². The van der Waals surface area contributed by atoms with E-state index >= 15 is 0 Å². The molecule has 0 aliphatic heterocycles. The van der Waals surface area contributed by atoms with Gasteiger partial charge < -0.3 is 9.47 Å². The lowest BCUT2D eigenvalue weighted by molar-refractivity contribution is 0.760. The Morgan fingerprint density at radius 1 is 0.431 bits per heavy atom. The monoisotopic (exact) mass is 830 g/mol. The van der Waals surface area contributed by atoms with Gasteiger partial charge in [-0.25, -0.2) is 0 Å². The van der Waals surface area contributed by atoms with Crippen LogP contribution in [-0.4, -0.2) is 10.6 Å². The second-order valence-corrected chi connectivity index (χ2v) is 17.2. The van der Waals surface area contributed by atoms with Crippen LogP contribution in [0.1, 0.15) is 34.2 Å². The lowest BCUT2D eigenvalue weighted by Crippen LogP contribution is -2.31. The molecule has 0 radical (unpaired) electrons. The summed E-state index contributed by atoms with van der Waals surface area (Å²) in [6.07, 6.45) is 7.99. The number of nitrogens with zero attached hydrogens (tertiary/aromatic N) is 2. The topological polar surface area (TPSA) is 8.17 Å². The Bertz CT molecular complexity index is 3330. The number of hydrogen-bond acceptors (Lipinski definition) is 1. The Kier molecular flexibility index (Phi) is 9.57. The number of aromatic nitrogens is 1. The van der Waals surface area contributed by atoms with Crippen molar-refractivity contribution in [3.05, 3.63) is 289 Å². The summed E-state index contributed by atoms with van der Waals surface area (Å²) in [5.74, 6) is 0. The molecule has 308 valence electrons. The molecule has 0 bridgehead atoms. The molecule has 2 aliphatic rings. The maximum absolute atomic E-state index is 2.55. The SMILES string of the molecule is C1=CC(N(c2ccc(-c3ccccc3)cc2)c2ccc3c(c2)C(c2ccccc2)(c2ccccc2)c2cc(-n4c(-c5ccccc5)cc5ccccc54)ccc2-3)CC=C1c1ccccc1. The van der Waals surface area contributed by atoms with Crippen molar-refractivity contribution in [2.75, 3.05) is 4.90 Å². The molecule has 12 rings (SSSR count). The van der Waals surface area contributed by atoms with Gasteiger partial charge in [0.05, 0.1) is 22.7 Å². The third kappa shape index (κ3) is 6.57. The fraction of sp³-hybridized carbons (Fsp3) is 0.0476.